The number of carbonyl (C=O) groups excluding carboxylic acids is 2. The van der Waals surface area contributed by atoms with E-state index in [1.165, 1.54) is 0 Å². The lowest BCUT2D eigenvalue weighted by molar-refractivity contribution is -0.163. The second-order valence-electron chi connectivity index (χ2n) is 4.80. The first-order chi connectivity index (χ1) is 6.40. The summed E-state index contributed by atoms with van der Waals surface area (Å²) in [6.07, 6.45) is 3.06. The van der Waals surface area contributed by atoms with E-state index in [-0.39, 0.29) is 11.8 Å². The Morgan fingerprint density at radius 3 is 2.50 bits per heavy atom. The van der Waals surface area contributed by atoms with Crippen molar-refractivity contribution in [1.29, 1.82) is 0 Å². The van der Waals surface area contributed by atoms with Gasteiger partial charge in [-0.25, -0.2) is 0 Å². The van der Waals surface area contributed by atoms with Gasteiger partial charge in [0.25, 0.3) is 0 Å². The lowest BCUT2D eigenvalue weighted by Crippen LogP contribution is -2.34. The van der Waals surface area contributed by atoms with Crippen molar-refractivity contribution in [3.63, 3.8) is 0 Å². The summed E-state index contributed by atoms with van der Waals surface area (Å²) >= 11 is 0. The number of ketones is 1. The van der Waals surface area contributed by atoms with Crippen molar-refractivity contribution < 1.29 is 14.3 Å². The number of rotatable bonds is 1. The SMILES string of the molecule is CC(C)(C)OC(=O)C1CCCCC1=O. The smallest absolute Gasteiger partial charge is 0.316 e. The quantitative estimate of drug-likeness (QED) is 0.478. The predicted molar refractivity (Wildman–Crippen MR) is 52.8 cm³/mol. The fourth-order valence-electron chi connectivity index (χ4n) is 1.61. The third kappa shape index (κ3) is 3.13. The van der Waals surface area contributed by atoms with Gasteiger partial charge in [-0.05, 0) is 33.6 Å². The van der Waals surface area contributed by atoms with Crippen molar-refractivity contribution in [2.75, 3.05) is 0 Å². The van der Waals surface area contributed by atoms with Crippen molar-refractivity contribution in [3.05, 3.63) is 0 Å². The molecule has 0 aliphatic heterocycles. The Bertz CT molecular complexity index is 237. The molecule has 1 rings (SSSR count). The van der Waals surface area contributed by atoms with Crippen molar-refractivity contribution >= 4 is 11.8 Å². The largest absolute Gasteiger partial charge is 0.459 e. The van der Waals surface area contributed by atoms with Gasteiger partial charge in [0, 0.05) is 6.42 Å². The van der Waals surface area contributed by atoms with Gasteiger partial charge in [-0.3, -0.25) is 9.59 Å². The molecule has 1 saturated carbocycles. The minimum atomic E-state index is -0.497. The topological polar surface area (TPSA) is 43.4 Å². The molecule has 0 amide bonds. The maximum absolute atomic E-state index is 11.6. The second-order valence-corrected chi connectivity index (χ2v) is 4.80. The second kappa shape index (κ2) is 4.11. The zero-order valence-corrected chi connectivity index (χ0v) is 9.13. The molecule has 1 fully saturated rings. The molecular formula is C11H18O3. The summed E-state index contributed by atoms with van der Waals surface area (Å²) in [4.78, 5) is 23.0. The van der Waals surface area contributed by atoms with Crippen LogP contribution in [0.2, 0.25) is 0 Å². The Morgan fingerprint density at radius 2 is 2.00 bits per heavy atom. The minimum absolute atomic E-state index is 0.0468. The van der Waals surface area contributed by atoms with Crippen LogP contribution in [0.5, 0.6) is 0 Å². The van der Waals surface area contributed by atoms with Crippen LogP contribution in [0.4, 0.5) is 0 Å². The van der Waals surface area contributed by atoms with Gasteiger partial charge < -0.3 is 4.74 Å². The van der Waals surface area contributed by atoms with E-state index in [1.807, 2.05) is 20.8 Å². The van der Waals surface area contributed by atoms with Crippen LogP contribution in [0.3, 0.4) is 0 Å². The van der Waals surface area contributed by atoms with Crippen LogP contribution in [0, 0.1) is 5.92 Å². The number of esters is 1. The molecule has 0 radical (unpaired) electrons. The summed E-state index contributed by atoms with van der Waals surface area (Å²) in [6.45, 7) is 5.45. The number of ether oxygens (including phenoxy) is 1. The van der Waals surface area contributed by atoms with Crippen molar-refractivity contribution in [3.8, 4) is 0 Å². The monoisotopic (exact) mass is 198 g/mol. The van der Waals surface area contributed by atoms with Crippen molar-refractivity contribution in [2.45, 2.75) is 52.1 Å². The molecule has 0 saturated heterocycles. The van der Waals surface area contributed by atoms with Gasteiger partial charge in [-0.1, -0.05) is 6.42 Å². The lowest BCUT2D eigenvalue weighted by atomic mass is 9.88. The molecule has 3 nitrogen and oxygen atoms in total. The average molecular weight is 198 g/mol. The van der Waals surface area contributed by atoms with Gasteiger partial charge in [-0.2, -0.15) is 0 Å². The number of hydrogen-bond acceptors (Lipinski definition) is 3. The van der Waals surface area contributed by atoms with E-state index in [9.17, 15) is 9.59 Å². The number of carbonyl (C=O) groups is 2. The van der Waals surface area contributed by atoms with Crippen molar-refractivity contribution in [1.82, 2.24) is 0 Å². The molecule has 0 aromatic heterocycles. The van der Waals surface area contributed by atoms with E-state index in [2.05, 4.69) is 0 Å². The van der Waals surface area contributed by atoms with E-state index in [4.69, 9.17) is 4.74 Å². The zero-order valence-electron chi connectivity index (χ0n) is 9.13. The van der Waals surface area contributed by atoms with E-state index in [0.717, 1.165) is 12.8 Å². The minimum Gasteiger partial charge on any atom is -0.459 e. The highest BCUT2D eigenvalue weighted by atomic mass is 16.6. The van der Waals surface area contributed by atoms with Crippen LogP contribution in [0.25, 0.3) is 0 Å². The van der Waals surface area contributed by atoms with Crippen LogP contribution >= 0.6 is 0 Å². The molecule has 1 aliphatic carbocycles. The highest BCUT2D eigenvalue weighted by Gasteiger charge is 2.32. The van der Waals surface area contributed by atoms with Crippen LogP contribution in [-0.4, -0.2) is 17.4 Å². The standard InChI is InChI=1S/C11H18O3/c1-11(2,3)14-10(13)8-6-4-5-7-9(8)12/h8H,4-7H2,1-3H3. The molecule has 0 bridgehead atoms. The van der Waals surface area contributed by atoms with Crippen LogP contribution in [0.15, 0.2) is 0 Å². The molecule has 3 heteroatoms. The number of hydrogen-bond donors (Lipinski definition) is 0. The Morgan fingerprint density at radius 1 is 1.36 bits per heavy atom. The van der Waals surface area contributed by atoms with E-state index in [1.54, 1.807) is 0 Å². The van der Waals surface area contributed by atoms with Gasteiger partial charge in [-0.15, -0.1) is 0 Å². The van der Waals surface area contributed by atoms with Crippen molar-refractivity contribution in [2.24, 2.45) is 5.92 Å². The van der Waals surface area contributed by atoms with Crippen LogP contribution < -0.4 is 0 Å². The van der Waals surface area contributed by atoms with Gasteiger partial charge in [0.15, 0.2) is 0 Å². The van der Waals surface area contributed by atoms with E-state index in [0.29, 0.717) is 12.8 Å². The zero-order chi connectivity index (χ0) is 10.8. The molecule has 0 spiro atoms. The average Bonchev–Trinajstić information content (AvgIpc) is 2.01. The Balaban J connectivity index is 2.55. The predicted octanol–water partition coefficient (Wildman–Crippen LogP) is 2.09. The molecule has 1 aliphatic rings. The van der Waals surface area contributed by atoms with Gasteiger partial charge in [0.2, 0.25) is 0 Å². The Kier molecular flexibility index (Phi) is 3.29. The summed E-state index contributed by atoms with van der Waals surface area (Å²) in [7, 11) is 0. The van der Waals surface area contributed by atoms with E-state index < -0.39 is 11.5 Å². The molecule has 80 valence electrons. The summed E-state index contributed by atoms with van der Waals surface area (Å²) in [5.41, 5.74) is -0.491. The van der Waals surface area contributed by atoms with Crippen LogP contribution in [-0.2, 0) is 14.3 Å². The van der Waals surface area contributed by atoms with Gasteiger partial charge in [0.1, 0.15) is 17.3 Å². The molecule has 1 unspecified atom stereocenters. The summed E-state index contributed by atoms with van der Waals surface area (Å²) in [6, 6.07) is 0. The molecule has 1 atom stereocenters. The Hall–Kier alpha value is -0.860. The fraction of sp³-hybridized carbons (Fsp3) is 0.818. The number of Topliss-reactive ketones (excluding diaryl/α,β-unsaturated/α-hetero) is 1. The highest BCUT2D eigenvalue weighted by Crippen LogP contribution is 2.23. The maximum Gasteiger partial charge on any atom is 0.316 e. The molecule has 0 aromatic carbocycles. The van der Waals surface area contributed by atoms with Gasteiger partial charge >= 0.3 is 5.97 Å². The van der Waals surface area contributed by atoms with Gasteiger partial charge in [0.05, 0.1) is 0 Å². The first-order valence-electron chi connectivity index (χ1n) is 5.16. The molecular weight excluding hydrogens is 180 g/mol. The molecule has 0 heterocycles. The molecule has 14 heavy (non-hydrogen) atoms. The summed E-state index contributed by atoms with van der Waals surface area (Å²) in [5.74, 6) is -0.796. The Labute approximate surface area is 84.8 Å². The first-order valence-corrected chi connectivity index (χ1v) is 5.16. The third-order valence-corrected chi connectivity index (χ3v) is 2.25. The summed E-state index contributed by atoms with van der Waals surface area (Å²) < 4.78 is 5.19. The normalized spacial score (nSPS) is 23.4. The summed E-state index contributed by atoms with van der Waals surface area (Å²) in [5, 5.41) is 0. The lowest BCUT2D eigenvalue weighted by Gasteiger charge is -2.25. The molecule has 0 N–H and O–H groups in total. The first kappa shape index (κ1) is 11.2. The van der Waals surface area contributed by atoms with E-state index >= 15 is 0 Å². The fourth-order valence-corrected chi connectivity index (χ4v) is 1.61. The highest BCUT2D eigenvalue weighted by molar-refractivity contribution is 5.99. The van der Waals surface area contributed by atoms with Crippen LogP contribution in [0.1, 0.15) is 46.5 Å². The molecule has 0 aromatic rings. The maximum atomic E-state index is 11.6. The third-order valence-electron chi connectivity index (χ3n) is 2.25.